The van der Waals surface area contributed by atoms with E-state index < -0.39 is 12.6 Å². The first kappa shape index (κ1) is 24.8. The zero-order valence-corrected chi connectivity index (χ0v) is 18.4. The van der Waals surface area contributed by atoms with Crippen molar-refractivity contribution in [3.63, 3.8) is 0 Å². The van der Waals surface area contributed by atoms with Crippen LogP contribution in [0.5, 0.6) is 5.75 Å². The molecule has 0 bridgehead atoms. The molecule has 2 aromatic carbocycles. The van der Waals surface area contributed by atoms with Crippen molar-refractivity contribution in [3.8, 4) is 5.75 Å². The van der Waals surface area contributed by atoms with Gasteiger partial charge in [0.25, 0.3) is 0 Å². The summed E-state index contributed by atoms with van der Waals surface area (Å²) < 4.78 is 19.7. The van der Waals surface area contributed by atoms with E-state index in [0.717, 1.165) is 17.7 Å². The minimum absolute atomic E-state index is 0.271. The number of hydrogen-bond acceptors (Lipinski definition) is 4. The number of halogens is 1. The molecule has 0 amide bonds. The van der Waals surface area contributed by atoms with E-state index in [1.807, 2.05) is 24.3 Å². The molecule has 0 saturated carbocycles. The molecule has 2 rings (SSSR count). The number of unbranched alkanes of at least 4 members (excludes halogenated alkanes) is 5. The molecule has 1 N–H and O–H groups in total. The van der Waals surface area contributed by atoms with E-state index in [2.05, 4.69) is 6.92 Å². The van der Waals surface area contributed by atoms with E-state index in [4.69, 9.17) is 14.7 Å². The Kier molecular flexibility index (Phi) is 11.6. The highest BCUT2D eigenvalue weighted by molar-refractivity contribution is 5.67. The predicted octanol–water partition coefficient (Wildman–Crippen LogP) is 5.63. The quantitative estimate of drug-likeness (QED) is 0.276. The van der Waals surface area contributed by atoms with Crippen LogP contribution in [0.4, 0.5) is 4.39 Å². The summed E-state index contributed by atoms with van der Waals surface area (Å²) in [6, 6.07) is 14.3. The van der Waals surface area contributed by atoms with Crippen molar-refractivity contribution in [1.29, 1.82) is 0 Å². The number of carbonyl (C=O) groups is 1. The van der Waals surface area contributed by atoms with E-state index in [1.54, 1.807) is 23.3 Å². The molecule has 2 aromatic rings. The Bertz CT molecular complexity index is 766. The molecular formula is C25H34FNO4. The number of benzene rings is 2. The fourth-order valence-electron chi connectivity index (χ4n) is 3.25. The lowest BCUT2D eigenvalue weighted by atomic mass is 10.1. The van der Waals surface area contributed by atoms with Crippen molar-refractivity contribution in [2.75, 3.05) is 19.8 Å². The number of hydrogen-bond donors (Lipinski definition) is 1. The van der Waals surface area contributed by atoms with Crippen molar-refractivity contribution in [2.45, 2.75) is 58.4 Å². The second kappa shape index (κ2) is 14.5. The summed E-state index contributed by atoms with van der Waals surface area (Å²) >= 11 is 0. The number of hydroxylamine groups is 2. The molecule has 0 radical (unpaired) electrons. The second-order valence-corrected chi connectivity index (χ2v) is 7.63. The number of rotatable bonds is 16. The van der Waals surface area contributed by atoms with Gasteiger partial charge in [-0.25, -0.2) is 9.18 Å². The van der Waals surface area contributed by atoms with Crippen LogP contribution in [0.15, 0.2) is 48.5 Å². The van der Waals surface area contributed by atoms with Crippen LogP contribution in [0.3, 0.4) is 0 Å². The van der Waals surface area contributed by atoms with Crippen LogP contribution in [0.25, 0.3) is 0 Å². The summed E-state index contributed by atoms with van der Waals surface area (Å²) in [6.45, 7) is 3.27. The first-order chi connectivity index (χ1) is 15.1. The Labute approximate surface area is 184 Å². The van der Waals surface area contributed by atoms with Gasteiger partial charge in [-0.2, -0.15) is 5.06 Å². The first-order valence-electron chi connectivity index (χ1n) is 11.1. The lowest BCUT2D eigenvalue weighted by molar-refractivity contribution is -0.185. The molecule has 0 unspecified atom stereocenters. The van der Waals surface area contributed by atoms with Crippen LogP contribution in [0.2, 0.25) is 0 Å². The van der Waals surface area contributed by atoms with Crippen molar-refractivity contribution in [1.82, 2.24) is 5.06 Å². The largest absolute Gasteiger partial charge is 0.494 e. The molecule has 0 aliphatic heterocycles. The van der Waals surface area contributed by atoms with Gasteiger partial charge in [0.2, 0.25) is 0 Å². The zero-order valence-electron chi connectivity index (χ0n) is 18.4. The number of carboxylic acid groups (broad SMARTS) is 1. The number of nitrogens with zero attached hydrogens (tertiary/aromatic N) is 1. The summed E-state index contributed by atoms with van der Waals surface area (Å²) in [4.78, 5) is 16.3. The van der Waals surface area contributed by atoms with Gasteiger partial charge in [-0.05, 0) is 42.2 Å². The van der Waals surface area contributed by atoms with Crippen LogP contribution >= 0.6 is 0 Å². The lowest BCUT2D eigenvalue weighted by Crippen LogP contribution is -2.29. The molecule has 0 heterocycles. The second-order valence-electron chi connectivity index (χ2n) is 7.63. The minimum Gasteiger partial charge on any atom is -0.494 e. The molecule has 0 fully saturated rings. The van der Waals surface area contributed by atoms with Gasteiger partial charge in [-0.1, -0.05) is 69.4 Å². The molecule has 0 saturated heterocycles. The standard InChI is InChI=1S/C25H34FNO4/c1-2-3-4-5-6-9-18-30-23-14-12-21(13-15-23)19-27(31-20-25(28)29)17-16-22-10-7-8-11-24(22)26/h7-8,10-15H,2-6,9,16-20H2,1H3,(H,28,29). The van der Waals surface area contributed by atoms with Gasteiger partial charge in [-0.15, -0.1) is 0 Å². The zero-order chi connectivity index (χ0) is 22.3. The van der Waals surface area contributed by atoms with E-state index in [9.17, 15) is 9.18 Å². The van der Waals surface area contributed by atoms with Gasteiger partial charge in [0, 0.05) is 13.1 Å². The molecule has 0 aromatic heterocycles. The Morgan fingerprint density at radius 2 is 1.71 bits per heavy atom. The highest BCUT2D eigenvalue weighted by Gasteiger charge is 2.11. The van der Waals surface area contributed by atoms with Crippen LogP contribution in [0.1, 0.15) is 56.6 Å². The van der Waals surface area contributed by atoms with Crippen LogP contribution in [-0.2, 0) is 22.6 Å². The SMILES string of the molecule is CCCCCCCCOc1ccc(CN(CCc2ccccc2F)OCC(=O)O)cc1. The average molecular weight is 432 g/mol. The van der Waals surface area contributed by atoms with Crippen molar-refractivity contribution in [3.05, 3.63) is 65.5 Å². The minimum atomic E-state index is -1.05. The van der Waals surface area contributed by atoms with Crippen molar-refractivity contribution in [2.24, 2.45) is 0 Å². The van der Waals surface area contributed by atoms with Gasteiger partial charge in [0.15, 0.2) is 6.61 Å². The summed E-state index contributed by atoms with van der Waals surface area (Å²) in [7, 11) is 0. The molecular weight excluding hydrogens is 397 g/mol. The Balaban J connectivity index is 1.81. The van der Waals surface area contributed by atoms with Gasteiger partial charge >= 0.3 is 5.97 Å². The first-order valence-corrected chi connectivity index (χ1v) is 11.1. The Morgan fingerprint density at radius 1 is 1.00 bits per heavy atom. The number of ether oxygens (including phenoxy) is 1. The maximum absolute atomic E-state index is 13.9. The van der Waals surface area contributed by atoms with Gasteiger partial charge in [0.1, 0.15) is 11.6 Å². The third-order valence-corrected chi connectivity index (χ3v) is 5.01. The highest BCUT2D eigenvalue weighted by Crippen LogP contribution is 2.16. The molecule has 0 aliphatic rings. The molecule has 0 aliphatic carbocycles. The van der Waals surface area contributed by atoms with E-state index in [-0.39, 0.29) is 5.82 Å². The molecule has 5 nitrogen and oxygen atoms in total. The van der Waals surface area contributed by atoms with Crippen molar-refractivity contribution >= 4 is 5.97 Å². The third-order valence-electron chi connectivity index (χ3n) is 5.01. The van der Waals surface area contributed by atoms with Crippen molar-refractivity contribution < 1.29 is 23.9 Å². The Hall–Kier alpha value is -2.44. The summed E-state index contributed by atoms with van der Waals surface area (Å²) in [5.41, 5.74) is 1.54. The Morgan fingerprint density at radius 3 is 2.42 bits per heavy atom. The molecule has 6 heteroatoms. The smallest absolute Gasteiger partial charge is 0.331 e. The van der Waals surface area contributed by atoms with Gasteiger partial charge in [0.05, 0.1) is 6.61 Å². The maximum Gasteiger partial charge on any atom is 0.331 e. The fraction of sp³-hybridized carbons (Fsp3) is 0.480. The number of carboxylic acids is 1. The maximum atomic E-state index is 13.9. The summed E-state index contributed by atoms with van der Waals surface area (Å²) in [5.74, 6) is -0.497. The van der Waals surface area contributed by atoms with Gasteiger partial charge < -0.3 is 9.84 Å². The van der Waals surface area contributed by atoms with E-state index in [1.165, 1.54) is 38.2 Å². The molecule has 170 valence electrons. The average Bonchev–Trinajstić information content (AvgIpc) is 2.77. The van der Waals surface area contributed by atoms with Crippen LogP contribution in [0, 0.1) is 5.82 Å². The normalized spacial score (nSPS) is 11.1. The number of aliphatic carboxylic acids is 1. The lowest BCUT2D eigenvalue weighted by Gasteiger charge is -2.21. The van der Waals surface area contributed by atoms with E-state index >= 15 is 0 Å². The topological polar surface area (TPSA) is 59.0 Å². The molecule has 0 spiro atoms. The third kappa shape index (κ3) is 10.4. The highest BCUT2D eigenvalue weighted by atomic mass is 19.1. The fourth-order valence-corrected chi connectivity index (χ4v) is 3.25. The summed E-state index contributed by atoms with van der Waals surface area (Å²) in [6.07, 6.45) is 7.78. The predicted molar refractivity (Wildman–Crippen MR) is 119 cm³/mol. The summed E-state index contributed by atoms with van der Waals surface area (Å²) in [5, 5.41) is 10.5. The monoisotopic (exact) mass is 431 g/mol. The van der Waals surface area contributed by atoms with Crippen LogP contribution < -0.4 is 4.74 Å². The van der Waals surface area contributed by atoms with Crippen LogP contribution in [-0.4, -0.2) is 35.9 Å². The molecule has 0 atom stereocenters. The van der Waals surface area contributed by atoms with Gasteiger partial charge in [-0.3, -0.25) is 4.84 Å². The van der Waals surface area contributed by atoms with E-state index in [0.29, 0.717) is 31.7 Å². The molecule has 31 heavy (non-hydrogen) atoms.